The standard InChI is InChI=1S/C22H24ClN5O4/c23-15-5-1-4-13-14(15)9-16(20(13)24)25-8-2-3-12-10-28(22(30)32-12)18-7-6-17-21(26-18)27-19(29)11-31-17/h1,4-7,12,16,20,25H,2-3,8-11,24H2,(H,26,27,29). The lowest BCUT2D eigenvalue weighted by molar-refractivity contribution is -0.118. The maximum absolute atomic E-state index is 12.4. The van der Waals surface area contributed by atoms with Crippen LogP contribution in [-0.4, -0.2) is 48.8 Å². The fraction of sp³-hybridized carbons (Fsp3) is 0.409. The molecule has 2 aliphatic heterocycles. The van der Waals surface area contributed by atoms with E-state index < -0.39 is 6.09 Å². The highest BCUT2D eigenvalue weighted by atomic mass is 35.5. The number of pyridine rings is 1. The molecule has 9 nitrogen and oxygen atoms in total. The Labute approximate surface area is 190 Å². The number of hydrogen-bond acceptors (Lipinski definition) is 7. The molecule has 4 N–H and O–H groups in total. The van der Waals surface area contributed by atoms with Gasteiger partial charge >= 0.3 is 6.09 Å². The molecule has 1 aromatic carbocycles. The summed E-state index contributed by atoms with van der Waals surface area (Å²) in [6.07, 6.45) is 1.70. The minimum atomic E-state index is -0.443. The van der Waals surface area contributed by atoms with Gasteiger partial charge in [-0.2, -0.15) is 0 Å². The van der Waals surface area contributed by atoms with Gasteiger partial charge in [0, 0.05) is 17.1 Å². The topological polar surface area (TPSA) is 119 Å². The number of carbonyl (C=O) groups excluding carboxylic acids is 2. The fourth-order valence-electron chi connectivity index (χ4n) is 4.45. The summed E-state index contributed by atoms with van der Waals surface area (Å²) in [4.78, 5) is 29.7. The molecule has 10 heteroatoms. The number of anilines is 2. The summed E-state index contributed by atoms with van der Waals surface area (Å²) in [5.41, 5.74) is 8.61. The van der Waals surface area contributed by atoms with Gasteiger partial charge in [-0.3, -0.25) is 9.69 Å². The number of cyclic esters (lactones) is 1. The number of nitrogens with two attached hydrogens (primary N) is 1. The van der Waals surface area contributed by atoms with Crippen molar-refractivity contribution in [3.63, 3.8) is 0 Å². The van der Waals surface area contributed by atoms with Gasteiger partial charge in [0.2, 0.25) is 0 Å². The number of hydrogen-bond donors (Lipinski definition) is 3. The van der Waals surface area contributed by atoms with Crippen LogP contribution in [-0.2, 0) is 16.0 Å². The number of ether oxygens (including phenoxy) is 2. The Balaban J connectivity index is 1.12. The molecule has 0 spiro atoms. The van der Waals surface area contributed by atoms with Crippen LogP contribution in [0.3, 0.4) is 0 Å². The number of benzene rings is 1. The number of nitrogens with zero attached hydrogens (tertiary/aromatic N) is 2. The van der Waals surface area contributed by atoms with E-state index >= 15 is 0 Å². The normalized spacial score (nSPS) is 23.9. The van der Waals surface area contributed by atoms with Crippen LogP contribution in [0.15, 0.2) is 30.3 Å². The molecule has 3 aliphatic rings. The van der Waals surface area contributed by atoms with E-state index in [0.717, 1.165) is 42.0 Å². The van der Waals surface area contributed by atoms with Crippen molar-refractivity contribution in [2.24, 2.45) is 5.73 Å². The van der Waals surface area contributed by atoms with Gasteiger partial charge in [-0.1, -0.05) is 23.7 Å². The molecule has 0 radical (unpaired) electrons. The molecule has 3 unspecified atom stereocenters. The van der Waals surface area contributed by atoms with Crippen molar-refractivity contribution < 1.29 is 19.1 Å². The highest BCUT2D eigenvalue weighted by Gasteiger charge is 2.34. The van der Waals surface area contributed by atoms with Gasteiger partial charge in [-0.15, -0.1) is 0 Å². The van der Waals surface area contributed by atoms with E-state index in [9.17, 15) is 9.59 Å². The van der Waals surface area contributed by atoms with Crippen LogP contribution in [0.25, 0.3) is 0 Å². The van der Waals surface area contributed by atoms with Gasteiger partial charge < -0.3 is 25.8 Å². The van der Waals surface area contributed by atoms with E-state index in [0.29, 0.717) is 23.9 Å². The van der Waals surface area contributed by atoms with E-state index in [1.165, 1.54) is 4.90 Å². The van der Waals surface area contributed by atoms with Gasteiger partial charge in [0.25, 0.3) is 5.91 Å². The molecule has 1 aliphatic carbocycles. The van der Waals surface area contributed by atoms with Crippen LogP contribution < -0.4 is 26.0 Å². The smallest absolute Gasteiger partial charge is 0.415 e. The van der Waals surface area contributed by atoms with Gasteiger partial charge in [0.15, 0.2) is 18.2 Å². The number of nitrogens with one attached hydrogen (secondary N) is 2. The Morgan fingerprint density at radius 1 is 1.28 bits per heavy atom. The van der Waals surface area contributed by atoms with E-state index in [-0.39, 0.29) is 30.7 Å². The first-order valence-corrected chi connectivity index (χ1v) is 11.1. The predicted molar refractivity (Wildman–Crippen MR) is 119 cm³/mol. The van der Waals surface area contributed by atoms with Crippen molar-refractivity contribution in [2.45, 2.75) is 37.5 Å². The maximum atomic E-state index is 12.4. The van der Waals surface area contributed by atoms with Crippen molar-refractivity contribution in [3.05, 3.63) is 46.5 Å². The molecule has 2 aromatic rings. The third-order valence-corrected chi connectivity index (χ3v) is 6.45. The molecule has 1 fully saturated rings. The molecule has 168 valence electrons. The lowest BCUT2D eigenvalue weighted by Crippen LogP contribution is -2.37. The summed E-state index contributed by atoms with van der Waals surface area (Å²) in [6.45, 7) is 1.13. The van der Waals surface area contributed by atoms with Crippen LogP contribution >= 0.6 is 11.6 Å². The van der Waals surface area contributed by atoms with Crippen molar-refractivity contribution in [1.29, 1.82) is 0 Å². The Morgan fingerprint density at radius 3 is 3.00 bits per heavy atom. The lowest BCUT2D eigenvalue weighted by atomic mass is 10.1. The summed E-state index contributed by atoms with van der Waals surface area (Å²) in [7, 11) is 0. The van der Waals surface area contributed by atoms with Gasteiger partial charge in [0.1, 0.15) is 11.9 Å². The minimum Gasteiger partial charge on any atom is -0.480 e. The molecule has 0 bridgehead atoms. The Kier molecular flexibility index (Phi) is 5.62. The number of aromatic nitrogens is 1. The first-order chi connectivity index (χ1) is 15.5. The first kappa shape index (κ1) is 21.0. The van der Waals surface area contributed by atoms with Gasteiger partial charge in [0.05, 0.1) is 6.54 Å². The average molecular weight is 458 g/mol. The highest BCUT2D eigenvalue weighted by Crippen LogP contribution is 2.34. The van der Waals surface area contributed by atoms with Crippen molar-refractivity contribution >= 4 is 35.2 Å². The average Bonchev–Trinajstić information content (AvgIpc) is 3.31. The van der Waals surface area contributed by atoms with Crippen LogP contribution in [0, 0.1) is 0 Å². The number of fused-ring (bicyclic) bond motifs is 2. The van der Waals surface area contributed by atoms with Crippen molar-refractivity contribution in [1.82, 2.24) is 10.3 Å². The second-order valence-corrected chi connectivity index (χ2v) is 8.62. The summed E-state index contributed by atoms with van der Waals surface area (Å²) in [5.74, 6) is 0.945. The number of halogens is 1. The lowest BCUT2D eigenvalue weighted by Gasteiger charge is -2.19. The zero-order valence-corrected chi connectivity index (χ0v) is 18.1. The third kappa shape index (κ3) is 3.99. The van der Waals surface area contributed by atoms with Crippen molar-refractivity contribution in [2.75, 3.05) is 29.9 Å². The highest BCUT2D eigenvalue weighted by molar-refractivity contribution is 6.31. The summed E-state index contributed by atoms with van der Waals surface area (Å²) in [6, 6.07) is 9.30. The monoisotopic (exact) mass is 457 g/mol. The molecule has 3 atom stereocenters. The molecular weight excluding hydrogens is 434 g/mol. The molecule has 1 saturated heterocycles. The Bertz CT molecular complexity index is 1060. The molecule has 32 heavy (non-hydrogen) atoms. The van der Waals surface area contributed by atoms with Crippen LogP contribution in [0.4, 0.5) is 16.4 Å². The minimum absolute atomic E-state index is 0.0409. The molecule has 0 saturated carbocycles. The quantitative estimate of drug-likeness (QED) is 0.570. The van der Waals surface area contributed by atoms with Crippen LogP contribution in [0.2, 0.25) is 5.02 Å². The van der Waals surface area contributed by atoms with Crippen LogP contribution in [0.1, 0.15) is 30.0 Å². The summed E-state index contributed by atoms with van der Waals surface area (Å²) >= 11 is 6.30. The molecular formula is C22H24ClN5O4. The largest absolute Gasteiger partial charge is 0.480 e. The van der Waals surface area contributed by atoms with E-state index in [4.69, 9.17) is 26.8 Å². The molecule has 5 rings (SSSR count). The Hall–Kier alpha value is -2.88. The van der Waals surface area contributed by atoms with Crippen molar-refractivity contribution in [3.8, 4) is 5.75 Å². The second kappa shape index (κ2) is 8.57. The van der Waals surface area contributed by atoms with E-state index in [1.54, 1.807) is 12.1 Å². The van der Waals surface area contributed by atoms with E-state index in [1.807, 2.05) is 18.2 Å². The molecule has 3 heterocycles. The Morgan fingerprint density at radius 2 is 2.16 bits per heavy atom. The van der Waals surface area contributed by atoms with Crippen LogP contribution in [0.5, 0.6) is 5.75 Å². The SMILES string of the molecule is NC1c2cccc(Cl)c2CC1NCCCC1CN(c2ccc3c(n2)NC(=O)CO3)C(=O)O1. The zero-order valence-electron chi connectivity index (χ0n) is 17.3. The first-order valence-electron chi connectivity index (χ1n) is 10.7. The second-order valence-electron chi connectivity index (χ2n) is 8.21. The van der Waals surface area contributed by atoms with E-state index in [2.05, 4.69) is 15.6 Å². The molecule has 1 aromatic heterocycles. The van der Waals surface area contributed by atoms with Gasteiger partial charge in [-0.25, -0.2) is 9.78 Å². The fourth-order valence-corrected chi connectivity index (χ4v) is 4.70. The third-order valence-electron chi connectivity index (χ3n) is 6.09. The number of carbonyl (C=O) groups is 2. The summed E-state index contributed by atoms with van der Waals surface area (Å²) < 4.78 is 10.8. The zero-order chi connectivity index (χ0) is 22.2. The predicted octanol–water partition coefficient (Wildman–Crippen LogP) is 2.39. The maximum Gasteiger partial charge on any atom is 0.415 e. The van der Waals surface area contributed by atoms with Gasteiger partial charge in [-0.05, 0) is 55.1 Å². The molecule has 2 amide bonds. The summed E-state index contributed by atoms with van der Waals surface area (Å²) in [5, 5.41) is 6.94. The number of amides is 2. The number of rotatable bonds is 6.